The molecule has 4 bridgehead atoms. The number of nitrogens with one attached hydrogen (secondary N) is 3. The summed E-state index contributed by atoms with van der Waals surface area (Å²) in [5, 5.41) is 5.89. The lowest BCUT2D eigenvalue weighted by atomic mass is 10.1. The molecule has 3 aromatic rings. The largest absolute Gasteiger partial charge is 0.493 e. The fourth-order valence-electron chi connectivity index (χ4n) is 5.24. The molecule has 1 fully saturated rings. The lowest BCUT2D eigenvalue weighted by Crippen LogP contribution is -2.45. The number of aromatic amines is 1. The lowest BCUT2D eigenvalue weighted by Gasteiger charge is -2.21. The van der Waals surface area contributed by atoms with Crippen molar-refractivity contribution in [1.82, 2.24) is 25.5 Å². The van der Waals surface area contributed by atoms with Gasteiger partial charge >= 0.3 is 0 Å². The fourth-order valence-corrected chi connectivity index (χ4v) is 5.24. The number of hydrogen-bond donors (Lipinski definition) is 3. The standard InChI is InChI=1S/C31H35N5O7/c1-18-23(31(40)34-19(2)33-18)13-30(39)36-15-24-27(16-36)43-22-8-4-21(5-9-22)14-32-29(38)17-42-25-10-6-20(12-26(25)41-3)7-11-28(37)35-24/h4-6,8-10,12,24,27H,7,11,13-17H2,1-3H3,(H,32,38)(H,35,37)(H,33,34,40)/t24-,27-/m0/s1. The molecule has 1 aromatic heterocycles. The molecule has 0 spiro atoms. The van der Waals surface area contributed by atoms with Gasteiger partial charge in [-0.05, 0) is 55.7 Å². The van der Waals surface area contributed by atoms with E-state index in [9.17, 15) is 19.2 Å². The topological polar surface area (TPSA) is 152 Å². The van der Waals surface area contributed by atoms with Crippen molar-refractivity contribution < 1.29 is 28.6 Å². The van der Waals surface area contributed by atoms with Crippen LogP contribution in [0, 0.1) is 13.8 Å². The van der Waals surface area contributed by atoms with Gasteiger partial charge in [0.2, 0.25) is 11.8 Å². The maximum atomic E-state index is 13.3. The Balaban J connectivity index is 1.36. The molecule has 0 aliphatic carbocycles. The third-order valence-corrected chi connectivity index (χ3v) is 7.56. The van der Waals surface area contributed by atoms with Gasteiger partial charge in [0, 0.05) is 30.8 Å². The van der Waals surface area contributed by atoms with Crippen molar-refractivity contribution in [3.63, 3.8) is 0 Å². The van der Waals surface area contributed by atoms with E-state index >= 15 is 0 Å². The average molecular weight is 590 g/mol. The predicted octanol–water partition coefficient (Wildman–Crippen LogP) is 1.35. The van der Waals surface area contributed by atoms with E-state index in [-0.39, 0.29) is 55.8 Å². The maximum Gasteiger partial charge on any atom is 0.258 e. The van der Waals surface area contributed by atoms with E-state index in [0.717, 1.165) is 11.1 Å². The second-order valence-electron chi connectivity index (χ2n) is 10.7. The van der Waals surface area contributed by atoms with Crippen LogP contribution in [0.3, 0.4) is 0 Å². The number of H-pyrrole nitrogens is 1. The van der Waals surface area contributed by atoms with Gasteiger partial charge in [0.1, 0.15) is 17.7 Å². The van der Waals surface area contributed by atoms with E-state index in [0.29, 0.717) is 47.3 Å². The summed E-state index contributed by atoms with van der Waals surface area (Å²) in [5.74, 6) is 1.22. The number of methoxy groups -OCH3 is 1. The Labute approximate surface area is 248 Å². The summed E-state index contributed by atoms with van der Waals surface area (Å²) >= 11 is 0. The van der Waals surface area contributed by atoms with Crippen LogP contribution in [0.25, 0.3) is 0 Å². The number of rotatable bonds is 3. The van der Waals surface area contributed by atoms with Crippen LogP contribution in [0.15, 0.2) is 47.3 Å². The first kappa shape index (κ1) is 29.6. The summed E-state index contributed by atoms with van der Waals surface area (Å²) in [6.45, 7) is 3.99. The Morgan fingerprint density at radius 2 is 1.79 bits per heavy atom. The van der Waals surface area contributed by atoms with E-state index in [1.54, 1.807) is 43.0 Å². The van der Waals surface area contributed by atoms with Gasteiger partial charge in [0.15, 0.2) is 18.1 Å². The highest BCUT2D eigenvalue weighted by molar-refractivity contribution is 5.80. The second-order valence-corrected chi connectivity index (χ2v) is 10.7. The third-order valence-electron chi connectivity index (χ3n) is 7.56. The van der Waals surface area contributed by atoms with Crippen molar-refractivity contribution in [1.29, 1.82) is 0 Å². The molecule has 3 N–H and O–H groups in total. The van der Waals surface area contributed by atoms with Crippen LogP contribution in [-0.2, 0) is 33.8 Å². The molecule has 0 radical (unpaired) electrons. The Morgan fingerprint density at radius 1 is 1.02 bits per heavy atom. The summed E-state index contributed by atoms with van der Waals surface area (Å²) in [6, 6.07) is 12.1. The molecule has 226 valence electrons. The van der Waals surface area contributed by atoms with Gasteiger partial charge in [-0.25, -0.2) is 4.98 Å². The van der Waals surface area contributed by atoms with Crippen LogP contribution in [-0.4, -0.2) is 71.5 Å². The van der Waals surface area contributed by atoms with E-state index in [1.807, 2.05) is 18.2 Å². The third kappa shape index (κ3) is 7.32. The number of nitrogens with zero attached hydrogens (tertiary/aromatic N) is 2. The molecular weight excluding hydrogens is 554 g/mol. The molecule has 12 nitrogen and oxygen atoms in total. The molecule has 5 aliphatic heterocycles. The van der Waals surface area contributed by atoms with E-state index in [2.05, 4.69) is 20.6 Å². The van der Waals surface area contributed by atoms with E-state index in [4.69, 9.17) is 14.2 Å². The van der Waals surface area contributed by atoms with Crippen molar-refractivity contribution in [2.75, 3.05) is 26.8 Å². The molecule has 0 unspecified atom stereocenters. The van der Waals surface area contributed by atoms with Gasteiger partial charge in [-0.1, -0.05) is 18.2 Å². The van der Waals surface area contributed by atoms with Crippen molar-refractivity contribution in [3.05, 3.63) is 81.0 Å². The fraction of sp³-hybridized carbons (Fsp3) is 0.387. The van der Waals surface area contributed by atoms with Crippen LogP contribution >= 0.6 is 0 Å². The van der Waals surface area contributed by atoms with E-state index in [1.165, 1.54) is 7.11 Å². The minimum atomic E-state index is -0.518. The summed E-state index contributed by atoms with van der Waals surface area (Å²) in [5.41, 5.74) is 2.21. The Bertz CT molecular complexity index is 1570. The number of aryl methyl sites for hydroxylation is 3. The summed E-state index contributed by atoms with van der Waals surface area (Å²) in [7, 11) is 1.51. The van der Waals surface area contributed by atoms with Gasteiger partial charge < -0.3 is 34.7 Å². The number of carbonyl (C=O) groups is 3. The molecule has 5 aliphatic rings. The van der Waals surface area contributed by atoms with Gasteiger partial charge in [-0.3, -0.25) is 19.2 Å². The van der Waals surface area contributed by atoms with Crippen molar-refractivity contribution >= 4 is 17.7 Å². The van der Waals surface area contributed by atoms with Gasteiger partial charge in [-0.2, -0.15) is 0 Å². The molecule has 8 rings (SSSR count). The van der Waals surface area contributed by atoms with Crippen LogP contribution in [0.2, 0.25) is 0 Å². The van der Waals surface area contributed by atoms with Crippen LogP contribution in [0.5, 0.6) is 17.2 Å². The molecule has 0 saturated carbocycles. The van der Waals surface area contributed by atoms with Gasteiger partial charge in [0.05, 0.1) is 26.1 Å². The first-order valence-corrected chi connectivity index (χ1v) is 14.1. The number of ether oxygens (including phenoxy) is 3. The van der Waals surface area contributed by atoms with Crippen molar-refractivity contribution in [2.45, 2.75) is 51.8 Å². The molecule has 1 saturated heterocycles. The Hall–Kier alpha value is -4.87. The Kier molecular flexibility index (Phi) is 8.93. The second kappa shape index (κ2) is 13.0. The quantitative estimate of drug-likeness (QED) is 0.414. The molecule has 2 atom stereocenters. The molecule has 2 aromatic carbocycles. The summed E-state index contributed by atoms with van der Waals surface area (Å²) in [4.78, 5) is 59.9. The van der Waals surface area contributed by atoms with Gasteiger partial charge in [0.25, 0.3) is 11.5 Å². The predicted molar refractivity (Wildman–Crippen MR) is 156 cm³/mol. The van der Waals surface area contributed by atoms with Crippen LogP contribution in [0.4, 0.5) is 0 Å². The number of likely N-dealkylation sites (tertiary alicyclic amines) is 1. The molecule has 3 amide bonds. The lowest BCUT2D eigenvalue weighted by molar-refractivity contribution is -0.130. The van der Waals surface area contributed by atoms with Gasteiger partial charge in [-0.15, -0.1) is 0 Å². The highest BCUT2D eigenvalue weighted by Gasteiger charge is 2.38. The number of benzene rings is 2. The SMILES string of the molecule is COc1cc2ccc1OCC(=O)NCc1ccc(cc1)O[C@H]1CN(C(=O)Cc3c(C)nc(C)[nH]c3=O)C[C@@H]1NC(=O)CC2. The highest BCUT2D eigenvalue weighted by atomic mass is 16.5. The summed E-state index contributed by atoms with van der Waals surface area (Å²) < 4.78 is 17.4. The van der Waals surface area contributed by atoms with Crippen molar-refractivity contribution in [3.8, 4) is 17.2 Å². The normalized spacial score (nSPS) is 19.1. The first-order valence-electron chi connectivity index (χ1n) is 14.1. The summed E-state index contributed by atoms with van der Waals surface area (Å²) in [6.07, 6.45) is 0.00910. The minimum absolute atomic E-state index is 0.107. The zero-order valence-corrected chi connectivity index (χ0v) is 24.4. The zero-order chi connectivity index (χ0) is 30.5. The van der Waals surface area contributed by atoms with Crippen LogP contribution < -0.4 is 30.4 Å². The monoisotopic (exact) mass is 589 g/mol. The molecule has 6 heterocycles. The highest BCUT2D eigenvalue weighted by Crippen LogP contribution is 2.29. The molecule has 12 heteroatoms. The van der Waals surface area contributed by atoms with Crippen LogP contribution in [0.1, 0.15) is 34.6 Å². The number of amides is 3. The Morgan fingerprint density at radius 3 is 2.53 bits per heavy atom. The zero-order valence-electron chi connectivity index (χ0n) is 24.4. The van der Waals surface area contributed by atoms with Crippen molar-refractivity contribution in [2.24, 2.45) is 0 Å². The number of aromatic nitrogens is 2. The maximum absolute atomic E-state index is 13.3. The first-order chi connectivity index (χ1) is 20.7. The minimum Gasteiger partial charge on any atom is -0.493 e. The number of carbonyl (C=O) groups excluding carboxylic acids is 3. The average Bonchev–Trinajstić information content (AvgIpc) is 3.37. The molecular formula is C31H35N5O7. The molecule has 43 heavy (non-hydrogen) atoms. The van der Waals surface area contributed by atoms with E-state index < -0.39 is 12.1 Å². The smallest absolute Gasteiger partial charge is 0.258 e. The number of hydrogen-bond acceptors (Lipinski definition) is 8.